The molecule has 0 fully saturated rings. The van der Waals surface area contributed by atoms with Crippen molar-refractivity contribution in [2.75, 3.05) is 12.4 Å². The summed E-state index contributed by atoms with van der Waals surface area (Å²) in [4.78, 5) is 16.7. The minimum absolute atomic E-state index is 0.0742. The van der Waals surface area contributed by atoms with Gasteiger partial charge in [0.05, 0.1) is 19.3 Å². The number of methoxy groups -OCH3 is 1. The van der Waals surface area contributed by atoms with Crippen LogP contribution in [0.25, 0.3) is 5.65 Å². The van der Waals surface area contributed by atoms with Gasteiger partial charge in [-0.1, -0.05) is 6.07 Å². The summed E-state index contributed by atoms with van der Waals surface area (Å²) in [7, 11) is 1.37. The van der Waals surface area contributed by atoms with Crippen LogP contribution >= 0.6 is 0 Å². The molecule has 6 nitrogen and oxygen atoms in total. The first-order valence-corrected chi connectivity index (χ1v) is 7.82. The van der Waals surface area contributed by atoms with Gasteiger partial charge in [0.2, 0.25) is 0 Å². The topological polar surface area (TPSA) is 64.9 Å². The molecule has 0 amide bonds. The van der Waals surface area contributed by atoms with Crippen molar-refractivity contribution in [2.45, 2.75) is 20.1 Å². The van der Waals surface area contributed by atoms with Gasteiger partial charge in [0.1, 0.15) is 5.65 Å². The molecular formula is C18H17F2N3O3. The number of ether oxygens (including phenoxy) is 2. The molecule has 0 saturated carbocycles. The first kappa shape index (κ1) is 17.7. The second-order valence-electron chi connectivity index (χ2n) is 5.57. The molecule has 1 N–H and O–H groups in total. The van der Waals surface area contributed by atoms with E-state index in [0.29, 0.717) is 17.0 Å². The molecule has 2 heterocycles. The van der Waals surface area contributed by atoms with Gasteiger partial charge in [-0.05, 0) is 30.7 Å². The summed E-state index contributed by atoms with van der Waals surface area (Å²) < 4.78 is 35.9. The number of nitrogens with zero attached hydrogens (tertiary/aromatic N) is 2. The summed E-state index contributed by atoms with van der Waals surface area (Å²) in [5, 5.41) is 3.05. The summed E-state index contributed by atoms with van der Waals surface area (Å²) in [5.41, 5.74) is 2.34. The Balaban J connectivity index is 1.84. The fourth-order valence-electron chi connectivity index (χ4n) is 2.57. The number of aromatic nitrogens is 2. The van der Waals surface area contributed by atoms with Gasteiger partial charge in [-0.25, -0.2) is 4.98 Å². The predicted octanol–water partition coefficient (Wildman–Crippen LogP) is 3.23. The fourth-order valence-corrected chi connectivity index (χ4v) is 2.57. The Hall–Kier alpha value is -3.16. The van der Waals surface area contributed by atoms with Crippen LogP contribution in [0.1, 0.15) is 11.3 Å². The lowest BCUT2D eigenvalue weighted by molar-refractivity contribution is -0.0511. The average molecular weight is 361 g/mol. The number of fused-ring (bicyclic) bond motifs is 1. The Morgan fingerprint density at radius 2 is 2.04 bits per heavy atom. The second kappa shape index (κ2) is 7.38. The largest absolute Gasteiger partial charge is 0.493 e. The third-order valence-electron chi connectivity index (χ3n) is 3.79. The molecule has 8 heteroatoms. The highest BCUT2D eigenvalue weighted by atomic mass is 19.3. The van der Waals surface area contributed by atoms with Crippen molar-refractivity contribution in [3.05, 3.63) is 64.2 Å². The first-order chi connectivity index (χ1) is 12.5. The van der Waals surface area contributed by atoms with Crippen LogP contribution in [0.2, 0.25) is 0 Å². The van der Waals surface area contributed by atoms with E-state index in [4.69, 9.17) is 4.74 Å². The monoisotopic (exact) mass is 361 g/mol. The third kappa shape index (κ3) is 3.74. The normalized spacial score (nSPS) is 11.0. The molecule has 0 unspecified atom stereocenters. The molecule has 0 aliphatic heterocycles. The lowest BCUT2D eigenvalue weighted by Crippen LogP contribution is -2.17. The number of nitrogens with one attached hydrogen (secondary N) is 1. The lowest BCUT2D eigenvalue weighted by atomic mass is 10.2. The maximum absolute atomic E-state index is 12.5. The maximum atomic E-state index is 12.5. The van der Waals surface area contributed by atoms with Crippen LogP contribution in [0.3, 0.4) is 0 Å². The number of anilines is 1. The molecule has 136 valence electrons. The molecule has 0 radical (unpaired) electrons. The van der Waals surface area contributed by atoms with Crippen LogP contribution in [0.5, 0.6) is 11.5 Å². The van der Waals surface area contributed by atoms with Crippen molar-refractivity contribution in [2.24, 2.45) is 0 Å². The molecule has 0 saturated heterocycles. The summed E-state index contributed by atoms with van der Waals surface area (Å²) in [5.74, 6) is 0.128. The molecule has 0 aliphatic carbocycles. The van der Waals surface area contributed by atoms with Crippen molar-refractivity contribution in [1.29, 1.82) is 0 Å². The lowest BCUT2D eigenvalue weighted by Gasteiger charge is -2.13. The van der Waals surface area contributed by atoms with Gasteiger partial charge in [-0.15, -0.1) is 0 Å². The van der Waals surface area contributed by atoms with Crippen molar-refractivity contribution >= 4 is 11.3 Å². The van der Waals surface area contributed by atoms with Gasteiger partial charge in [-0.2, -0.15) is 8.78 Å². The van der Waals surface area contributed by atoms with E-state index in [1.54, 1.807) is 18.3 Å². The molecule has 1 aromatic carbocycles. The minimum atomic E-state index is -2.95. The van der Waals surface area contributed by atoms with Crippen molar-refractivity contribution < 1.29 is 18.3 Å². The summed E-state index contributed by atoms with van der Waals surface area (Å²) in [6.45, 7) is -0.832. The van der Waals surface area contributed by atoms with Crippen LogP contribution < -0.4 is 20.3 Å². The van der Waals surface area contributed by atoms with Crippen LogP contribution in [0.4, 0.5) is 14.5 Å². The van der Waals surface area contributed by atoms with Crippen molar-refractivity contribution in [3.8, 4) is 11.5 Å². The van der Waals surface area contributed by atoms with Crippen LogP contribution in [0.15, 0.2) is 47.4 Å². The van der Waals surface area contributed by atoms with Crippen molar-refractivity contribution in [3.63, 3.8) is 0 Å². The molecule has 2 aromatic heterocycles. The standard InChI is InChI=1S/C18H17F2N3O3/c1-11-4-3-7-23-16(24)9-13(22-17(11)23)10-21-12-5-6-14(25-2)15(8-12)26-18(19)20/h3-9,18,21H,10H2,1-2H3. The fraction of sp³-hybridized carbons (Fsp3) is 0.222. The predicted molar refractivity (Wildman–Crippen MR) is 93.2 cm³/mol. The molecule has 0 aliphatic rings. The van der Waals surface area contributed by atoms with Gasteiger partial charge in [0.25, 0.3) is 5.56 Å². The van der Waals surface area contributed by atoms with E-state index in [2.05, 4.69) is 15.0 Å². The molecular weight excluding hydrogens is 344 g/mol. The Labute approximate surface area is 148 Å². The molecule has 26 heavy (non-hydrogen) atoms. The number of hydrogen-bond donors (Lipinski definition) is 1. The van der Waals surface area contributed by atoms with E-state index in [0.717, 1.165) is 5.56 Å². The zero-order valence-corrected chi connectivity index (χ0v) is 14.2. The Morgan fingerprint density at radius 1 is 1.23 bits per heavy atom. The second-order valence-corrected chi connectivity index (χ2v) is 5.57. The highest BCUT2D eigenvalue weighted by Crippen LogP contribution is 2.31. The van der Waals surface area contributed by atoms with Gasteiger partial charge in [0, 0.05) is 24.0 Å². The van der Waals surface area contributed by atoms with Crippen LogP contribution in [-0.2, 0) is 6.54 Å². The SMILES string of the molecule is COc1ccc(NCc2cc(=O)n3cccc(C)c3n2)cc1OC(F)F. The number of pyridine rings is 1. The Kier molecular flexibility index (Phi) is 5.01. The van der Waals surface area contributed by atoms with E-state index in [9.17, 15) is 13.6 Å². The van der Waals surface area contributed by atoms with Crippen LogP contribution in [0, 0.1) is 6.92 Å². The number of hydrogen-bond acceptors (Lipinski definition) is 5. The third-order valence-corrected chi connectivity index (χ3v) is 3.79. The van der Waals surface area contributed by atoms with E-state index in [1.807, 2.05) is 13.0 Å². The highest BCUT2D eigenvalue weighted by molar-refractivity contribution is 5.55. The Bertz CT molecular complexity index is 989. The highest BCUT2D eigenvalue weighted by Gasteiger charge is 2.11. The minimum Gasteiger partial charge on any atom is -0.493 e. The average Bonchev–Trinajstić information content (AvgIpc) is 2.60. The van der Waals surface area contributed by atoms with Gasteiger partial charge < -0.3 is 14.8 Å². The Morgan fingerprint density at radius 3 is 2.77 bits per heavy atom. The zero-order valence-electron chi connectivity index (χ0n) is 14.2. The van der Waals surface area contributed by atoms with E-state index < -0.39 is 6.61 Å². The van der Waals surface area contributed by atoms with E-state index >= 15 is 0 Å². The summed E-state index contributed by atoms with van der Waals surface area (Å²) >= 11 is 0. The van der Waals surface area contributed by atoms with E-state index in [-0.39, 0.29) is 23.6 Å². The number of alkyl halides is 2. The van der Waals surface area contributed by atoms with Crippen LogP contribution in [-0.4, -0.2) is 23.1 Å². The molecule has 0 atom stereocenters. The maximum Gasteiger partial charge on any atom is 0.387 e. The molecule has 3 rings (SSSR count). The molecule has 0 spiro atoms. The molecule has 3 aromatic rings. The van der Waals surface area contributed by atoms with Gasteiger partial charge >= 0.3 is 6.61 Å². The number of halogens is 2. The van der Waals surface area contributed by atoms with Gasteiger partial charge in [-0.3, -0.25) is 9.20 Å². The zero-order chi connectivity index (χ0) is 18.7. The van der Waals surface area contributed by atoms with Gasteiger partial charge in [0.15, 0.2) is 11.5 Å². The smallest absolute Gasteiger partial charge is 0.387 e. The quantitative estimate of drug-likeness (QED) is 0.730. The summed E-state index contributed by atoms with van der Waals surface area (Å²) in [6, 6.07) is 9.68. The number of aryl methyl sites for hydroxylation is 1. The number of benzene rings is 1. The first-order valence-electron chi connectivity index (χ1n) is 7.82. The molecule has 0 bridgehead atoms. The van der Waals surface area contributed by atoms with E-state index in [1.165, 1.54) is 29.7 Å². The summed E-state index contributed by atoms with van der Waals surface area (Å²) in [6.07, 6.45) is 1.66. The number of rotatable bonds is 6. The van der Waals surface area contributed by atoms with Crippen molar-refractivity contribution in [1.82, 2.24) is 9.38 Å².